The molecule has 0 aliphatic heterocycles. The number of fused-ring (bicyclic) bond motifs is 4. The molecular weight excluding hydrogens is 641 g/mol. The molecule has 0 radical (unpaired) electrons. The Kier molecular flexibility index (Phi) is 6.33. The van der Waals surface area contributed by atoms with Crippen LogP contribution in [0.25, 0.3) is 71.3 Å². The summed E-state index contributed by atoms with van der Waals surface area (Å²) in [6, 6.07) is 67.2. The molecule has 1 aliphatic rings. The Labute approximate surface area is 309 Å². The van der Waals surface area contributed by atoms with Gasteiger partial charge >= 0.3 is 0 Å². The average Bonchev–Trinajstić information content (AvgIpc) is 3.67. The summed E-state index contributed by atoms with van der Waals surface area (Å²) in [5.41, 5.74) is 14.9. The van der Waals surface area contributed by atoms with Crippen molar-refractivity contribution in [3.05, 3.63) is 193 Å². The fourth-order valence-electron chi connectivity index (χ4n) is 9.18. The van der Waals surface area contributed by atoms with Crippen LogP contribution in [0.15, 0.2) is 182 Å². The van der Waals surface area contributed by atoms with E-state index in [1.807, 2.05) is 0 Å². The van der Waals surface area contributed by atoms with E-state index in [9.17, 15) is 0 Å². The average molecular weight is 677 g/mol. The minimum absolute atomic E-state index is 0.0907. The fourth-order valence-corrected chi connectivity index (χ4v) is 9.18. The van der Waals surface area contributed by atoms with Crippen LogP contribution in [0.2, 0.25) is 0 Å². The van der Waals surface area contributed by atoms with Crippen molar-refractivity contribution in [1.82, 2.24) is 4.57 Å². The van der Waals surface area contributed by atoms with E-state index >= 15 is 0 Å². The molecule has 1 aromatic heterocycles. The van der Waals surface area contributed by atoms with E-state index in [0.717, 1.165) is 11.4 Å². The maximum Gasteiger partial charge on any atom is 0.0553 e. The Morgan fingerprint density at radius 1 is 0.434 bits per heavy atom. The Morgan fingerprint density at radius 2 is 1.11 bits per heavy atom. The zero-order chi connectivity index (χ0) is 35.3. The van der Waals surface area contributed by atoms with Crippen LogP contribution in [-0.2, 0) is 5.41 Å². The summed E-state index contributed by atoms with van der Waals surface area (Å²) >= 11 is 0. The van der Waals surface area contributed by atoms with Crippen molar-refractivity contribution < 1.29 is 0 Å². The SMILES string of the molecule is CC1(C)c2ccccc2-c2ccc(N(c3ccc(-c4cc5ccc6cccc7c6c5c(c4)n7-c4ccccc4)cc3)c3cccc4ccccc34)cc21. The van der Waals surface area contributed by atoms with Gasteiger partial charge in [-0.25, -0.2) is 0 Å². The first kappa shape index (κ1) is 30.0. The van der Waals surface area contributed by atoms with Crippen LogP contribution in [0.5, 0.6) is 0 Å². The molecule has 250 valence electrons. The second-order valence-corrected chi connectivity index (χ2v) is 15.0. The molecule has 2 heteroatoms. The van der Waals surface area contributed by atoms with Gasteiger partial charge in [-0.05, 0) is 110 Å². The zero-order valence-electron chi connectivity index (χ0n) is 29.7. The summed E-state index contributed by atoms with van der Waals surface area (Å²) in [7, 11) is 0. The van der Waals surface area contributed by atoms with Gasteiger partial charge in [-0.15, -0.1) is 0 Å². The second-order valence-electron chi connectivity index (χ2n) is 15.0. The summed E-state index contributed by atoms with van der Waals surface area (Å²) in [4.78, 5) is 2.44. The third-order valence-electron chi connectivity index (χ3n) is 11.7. The first-order valence-corrected chi connectivity index (χ1v) is 18.5. The molecule has 0 atom stereocenters. The van der Waals surface area contributed by atoms with Crippen molar-refractivity contribution in [2.75, 3.05) is 4.90 Å². The Balaban J connectivity index is 1.08. The molecule has 0 saturated carbocycles. The molecule has 0 amide bonds. The summed E-state index contributed by atoms with van der Waals surface area (Å²) < 4.78 is 2.43. The topological polar surface area (TPSA) is 8.17 Å². The molecule has 0 fully saturated rings. The van der Waals surface area contributed by atoms with Gasteiger partial charge in [0.15, 0.2) is 0 Å². The van der Waals surface area contributed by atoms with Crippen LogP contribution in [0, 0.1) is 0 Å². The monoisotopic (exact) mass is 676 g/mol. The van der Waals surface area contributed by atoms with Gasteiger partial charge in [0.1, 0.15) is 0 Å². The lowest BCUT2D eigenvalue weighted by molar-refractivity contribution is 0.660. The fraction of sp³-hybridized carbons (Fsp3) is 0.0588. The highest BCUT2D eigenvalue weighted by atomic mass is 15.1. The molecule has 10 aromatic rings. The van der Waals surface area contributed by atoms with Gasteiger partial charge in [0.25, 0.3) is 0 Å². The Hall–Kier alpha value is -6.64. The van der Waals surface area contributed by atoms with Gasteiger partial charge in [-0.2, -0.15) is 0 Å². The van der Waals surface area contributed by atoms with Crippen molar-refractivity contribution in [2.24, 2.45) is 0 Å². The molecule has 1 aliphatic carbocycles. The molecular formula is C51H36N2. The molecule has 1 heterocycles. The normalized spacial score (nSPS) is 13.2. The van der Waals surface area contributed by atoms with E-state index < -0.39 is 0 Å². The minimum atomic E-state index is -0.0907. The number of aromatic nitrogens is 1. The molecule has 2 nitrogen and oxygen atoms in total. The maximum atomic E-state index is 2.44. The predicted octanol–water partition coefficient (Wildman–Crippen LogP) is 14.0. The number of benzene rings is 9. The van der Waals surface area contributed by atoms with Crippen molar-refractivity contribution in [1.29, 1.82) is 0 Å². The molecule has 11 rings (SSSR count). The van der Waals surface area contributed by atoms with Crippen molar-refractivity contribution in [3.8, 4) is 27.9 Å². The standard InChI is InChI=1S/C51H36N2/c1-51(2)44-19-9-8-18-42(44)43-29-28-40(32-45(43)51)52(46-20-10-13-34-12-6-7-17-41(34)46)39-26-24-33(25-27-39)37-30-36-23-22-35-14-11-21-47-49(35)50(36)48(31-37)53(47)38-15-4-3-5-16-38/h3-32H,1-2H3. The van der Waals surface area contributed by atoms with E-state index in [1.165, 1.54) is 88.1 Å². The summed E-state index contributed by atoms with van der Waals surface area (Å²) in [6.45, 7) is 4.71. The number of para-hydroxylation sites is 1. The molecule has 0 saturated heterocycles. The lowest BCUT2D eigenvalue weighted by Crippen LogP contribution is -2.16. The first-order chi connectivity index (χ1) is 26.0. The molecule has 0 bridgehead atoms. The van der Waals surface area contributed by atoms with Crippen molar-refractivity contribution >= 4 is 60.4 Å². The summed E-state index contributed by atoms with van der Waals surface area (Å²) in [5.74, 6) is 0. The third-order valence-corrected chi connectivity index (χ3v) is 11.7. The van der Waals surface area contributed by atoms with Crippen molar-refractivity contribution in [2.45, 2.75) is 19.3 Å². The second kappa shape index (κ2) is 11.2. The van der Waals surface area contributed by atoms with E-state index in [2.05, 4.69) is 205 Å². The van der Waals surface area contributed by atoms with Crippen LogP contribution in [-0.4, -0.2) is 4.57 Å². The number of hydrogen-bond acceptors (Lipinski definition) is 1. The van der Waals surface area contributed by atoms with Crippen LogP contribution < -0.4 is 4.90 Å². The van der Waals surface area contributed by atoms with E-state index in [0.29, 0.717) is 0 Å². The molecule has 0 N–H and O–H groups in total. The van der Waals surface area contributed by atoms with Crippen LogP contribution in [0.4, 0.5) is 17.1 Å². The maximum absolute atomic E-state index is 2.44. The lowest BCUT2D eigenvalue weighted by Gasteiger charge is -2.29. The van der Waals surface area contributed by atoms with E-state index in [-0.39, 0.29) is 5.41 Å². The van der Waals surface area contributed by atoms with Gasteiger partial charge in [0.05, 0.1) is 16.7 Å². The van der Waals surface area contributed by atoms with Gasteiger partial charge < -0.3 is 9.47 Å². The van der Waals surface area contributed by atoms with Gasteiger partial charge in [-0.3, -0.25) is 0 Å². The Bertz CT molecular complexity index is 3010. The lowest BCUT2D eigenvalue weighted by atomic mass is 9.82. The van der Waals surface area contributed by atoms with Gasteiger partial charge in [-0.1, -0.05) is 135 Å². The van der Waals surface area contributed by atoms with E-state index in [4.69, 9.17) is 0 Å². The molecule has 0 spiro atoms. The van der Waals surface area contributed by atoms with Crippen LogP contribution in [0.3, 0.4) is 0 Å². The first-order valence-electron chi connectivity index (χ1n) is 18.5. The van der Waals surface area contributed by atoms with Gasteiger partial charge in [0.2, 0.25) is 0 Å². The predicted molar refractivity (Wildman–Crippen MR) is 225 cm³/mol. The molecule has 9 aromatic carbocycles. The quantitative estimate of drug-likeness (QED) is 0.165. The largest absolute Gasteiger partial charge is 0.310 e. The van der Waals surface area contributed by atoms with Crippen LogP contribution in [0.1, 0.15) is 25.0 Å². The smallest absolute Gasteiger partial charge is 0.0553 e. The van der Waals surface area contributed by atoms with Crippen LogP contribution >= 0.6 is 0 Å². The van der Waals surface area contributed by atoms with Gasteiger partial charge in [0, 0.05) is 38.6 Å². The minimum Gasteiger partial charge on any atom is -0.310 e. The number of rotatable bonds is 5. The number of hydrogen-bond donors (Lipinski definition) is 0. The molecule has 0 unspecified atom stereocenters. The highest BCUT2D eigenvalue weighted by Gasteiger charge is 2.35. The molecule has 53 heavy (non-hydrogen) atoms. The number of anilines is 3. The number of nitrogens with zero attached hydrogens (tertiary/aromatic N) is 2. The summed E-state index contributed by atoms with van der Waals surface area (Å²) in [6.07, 6.45) is 0. The Morgan fingerprint density at radius 3 is 2.00 bits per heavy atom. The summed E-state index contributed by atoms with van der Waals surface area (Å²) in [5, 5.41) is 7.65. The highest BCUT2D eigenvalue weighted by Crippen LogP contribution is 2.51. The van der Waals surface area contributed by atoms with E-state index in [1.54, 1.807) is 0 Å². The van der Waals surface area contributed by atoms with Crippen molar-refractivity contribution in [3.63, 3.8) is 0 Å². The highest BCUT2D eigenvalue weighted by molar-refractivity contribution is 6.25. The zero-order valence-corrected chi connectivity index (χ0v) is 29.7. The third kappa shape index (κ3) is 4.39.